The summed E-state index contributed by atoms with van der Waals surface area (Å²) in [7, 11) is 0. The Morgan fingerprint density at radius 1 is 1.53 bits per heavy atom. The largest absolute Gasteiger partial charge is 0.388 e. The molecule has 5 nitrogen and oxygen atoms in total. The first kappa shape index (κ1) is 9.53. The van der Waals surface area contributed by atoms with Gasteiger partial charge in [0.1, 0.15) is 0 Å². The molecule has 2 atom stereocenters. The van der Waals surface area contributed by atoms with Gasteiger partial charge in [-0.15, -0.1) is 0 Å². The minimum atomic E-state index is -0.740. The molecule has 1 aliphatic rings. The second-order valence-corrected chi connectivity index (χ2v) is 3.42. The van der Waals surface area contributed by atoms with E-state index in [1.165, 1.54) is 0 Å². The molecule has 15 heavy (non-hydrogen) atoms. The van der Waals surface area contributed by atoms with Gasteiger partial charge in [0.2, 0.25) is 0 Å². The lowest BCUT2D eigenvalue weighted by Crippen LogP contribution is -2.09. The Balaban J connectivity index is 2.41. The molecule has 74 valence electrons. The summed E-state index contributed by atoms with van der Waals surface area (Å²) in [5.41, 5.74) is 10.5. The van der Waals surface area contributed by atoms with E-state index >= 15 is 0 Å². The van der Waals surface area contributed by atoms with Gasteiger partial charge in [0.05, 0.1) is 18.7 Å². The first-order valence-corrected chi connectivity index (χ1v) is 4.49. The number of aliphatic hydroxyl groups excluding tert-OH is 1. The van der Waals surface area contributed by atoms with Crippen LogP contribution in [0.1, 0.15) is 17.2 Å². The topological polar surface area (TPSA) is 73.4 Å². The molecule has 0 bridgehead atoms. The molecule has 1 aliphatic carbocycles. The van der Waals surface area contributed by atoms with Gasteiger partial charge in [0, 0.05) is 4.91 Å². The van der Waals surface area contributed by atoms with E-state index in [1.54, 1.807) is 18.2 Å². The number of aliphatic hydroxyl groups is 1. The number of benzene rings is 1. The summed E-state index contributed by atoms with van der Waals surface area (Å²) < 4.78 is 0. The van der Waals surface area contributed by atoms with Crippen LogP contribution >= 0.6 is 0 Å². The lowest BCUT2D eigenvalue weighted by molar-refractivity contribution is 0.159. The van der Waals surface area contributed by atoms with E-state index in [9.17, 15) is 5.11 Å². The molecule has 5 heteroatoms. The van der Waals surface area contributed by atoms with Crippen LogP contribution in [-0.2, 0) is 6.42 Å². The second kappa shape index (κ2) is 3.62. The van der Waals surface area contributed by atoms with E-state index in [1.807, 2.05) is 0 Å². The predicted molar refractivity (Wildman–Crippen MR) is 54.3 cm³/mol. The van der Waals surface area contributed by atoms with Crippen LogP contribution in [-0.4, -0.2) is 11.1 Å². The fraction of sp³-hybridized carbons (Fsp3) is 0.300. The van der Waals surface area contributed by atoms with Crippen molar-refractivity contribution in [2.75, 3.05) is 0 Å². The van der Waals surface area contributed by atoms with Crippen molar-refractivity contribution >= 4 is 5.69 Å². The molecular weight excluding hydrogens is 192 g/mol. The van der Waals surface area contributed by atoms with Gasteiger partial charge in [-0.3, -0.25) is 0 Å². The van der Waals surface area contributed by atoms with Crippen molar-refractivity contribution in [1.29, 1.82) is 0 Å². The van der Waals surface area contributed by atoms with Crippen LogP contribution in [0.2, 0.25) is 0 Å². The summed E-state index contributed by atoms with van der Waals surface area (Å²) in [6.45, 7) is 6.87. The highest BCUT2D eigenvalue weighted by Crippen LogP contribution is 2.35. The minimum Gasteiger partial charge on any atom is -0.388 e. The summed E-state index contributed by atoms with van der Waals surface area (Å²) in [6, 6.07) is 4.68. The maximum absolute atomic E-state index is 9.79. The van der Waals surface area contributed by atoms with Crippen molar-refractivity contribution in [3.05, 3.63) is 51.2 Å². The van der Waals surface area contributed by atoms with Crippen molar-refractivity contribution in [2.24, 2.45) is 5.11 Å². The Hall–Kier alpha value is -2.02. The molecule has 1 aromatic rings. The molecule has 1 aromatic carbocycles. The minimum absolute atomic E-state index is 0.439. The number of hydrogen-bond donors (Lipinski definition) is 1. The highest BCUT2D eigenvalue weighted by molar-refractivity contribution is 5.52. The lowest BCUT2D eigenvalue weighted by Gasteiger charge is -2.07. The van der Waals surface area contributed by atoms with Gasteiger partial charge in [-0.2, -0.15) is 0 Å². The van der Waals surface area contributed by atoms with E-state index in [4.69, 9.17) is 12.1 Å². The smallest absolute Gasteiger partial charge is 0.187 e. The average molecular weight is 200 g/mol. The van der Waals surface area contributed by atoms with Gasteiger partial charge in [0.15, 0.2) is 5.69 Å². The maximum atomic E-state index is 9.79. The van der Waals surface area contributed by atoms with Crippen LogP contribution in [0.5, 0.6) is 0 Å². The van der Waals surface area contributed by atoms with Crippen molar-refractivity contribution in [3.8, 4) is 0 Å². The van der Waals surface area contributed by atoms with Crippen LogP contribution < -0.4 is 0 Å². The SMILES string of the molecule is [C-]#[N+]c1ccc2c(c1)C[C@@H](N=[N+]=[N-])[C@H]2O. The van der Waals surface area contributed by atoms with E-state index < -0.39 is 12.1 Å². The molecule has 0 aliphatic heterocycles. The first-order valence-electron chi connectivity index (χ1n) is 4.49. The highest BCUT2D eigenvalue weighted by Gasteiger charge is 2.29. The molecule has 0 amide bonds. The average Bonchev–Trinajstić information content (AvgIpc) is 2.56. The van der Waals surface area contributed by atoms with Crippen molar-refractivity contribution in [1.82, 2.24) is 0 Å². The van der Waals surface area contributed by atoms with E-state index in [-0.39, 0.29) is 0 Å². The Labute approximate surface area is 86.4 Å². The molecule has 0 radical (unpaired) electrons. The Morgan fingerprint density at radius 3 is 3.00 bits per heavy atom. The van der Waals surface area contributed by atoms with Crippen LogP contribution in [0.25, 0.3) is 15.3 Å². The number of azide groups is 1. The zero-order valence-corrected chi connectivity index (χ0v) is 7.83. The third-order valence-corrected chi connectivity index (χ3v) is 2.57. The zero-order valence-electron chi connectivity index (χ0n) is 7.83. The standard InChI is InChI=1S/C10H8N4O/c1-12-7-2-3-8-6(4-7)5-9(10(8)15)13-14-11/h2-4,9-10,15H,5H2/t9-,10+/m1/s1. The first-order chi connectivity index (χ1) is 7.26. The molecule has 0 spiro atoms. The zero-order chi connectivity index (χ0) is 10.8. The Bertz CT molecular complexity index is 485. The van der Waals surface area contributed by atoms with Gasteiger partial charge >= 0.3 is 0 Å². The summed E-state index contributed by atoms with van der Waals surface area (Å²) in [5.74, 6) is 0. The quantitative estimate of drug-likeness (QED) is 0.321. The third kappa shape index (κ3) is 1.52. The number of hydrogen-bond acceptors (Lipinski definition) is 2. The number of nitrogens with zero attached hydrogens (tertiary/aromatic N) is 4. The Morgan fingerprint density at radius 2 is 2.33 bits per heavy atom. The van der Waals surface area contributed by atoms with Crippen molar-refractivity contribution < 1.29 is 5.11 Å². The van der Waals surface area contributed by atoms with E-state index in [0.717, 1.165) is 11.1 Å². The summed E-state index contributed by atoms with van der Waals surface area (Å²) >= 11 is 0. The molecule has 0 aromatic heterocycles. The van der Waals surface area contributed by atoms with Gasteiger partial charge in [-0.05, 0) is 17.5 Å². The van der Waals surface area contributed by atoms with Gasteiger partial charge in [-0.25, -0.2) is 4.85 Å². The van der Waals surface area contributed by atoms with Gasteiger partial charge in [-0.1, -0.05) is 28.9 Å². The Kier molecular flexibility index (Phi) is 2.30. The summed E-state index contributed by atoms with van der Waals surface area (Å²) in [6.07, 6.45) is -0.236. The molecule has 2 rings (SSSR count). The maximum Gasteiger partial charge on any atom is 0.187 e. The predicted octanol–water partition coefficient (Wildman–Crippen LogP) is 2.51. The normalized spacial score (nSPS) is 22.7. The van der Waals surface area contributed by atoms with Crippen molar-refractivity contribution in [3.63, 3.8) is 0 Å². The molecule has 0 unspecified atom stereocenters. The van der Waals surface area contributed by atoms with Crippen molar-refractivity contribution in [2.45, 2.75) is 18.6 Å². The fourth-order valence-corrected chi connectivity index (χ4v) is 1.84. The van der Waals surface area contributed by atoms with Crippen LogP contribution in [0.15, 0.2) is 23.3 Å². The summed E-state index contributed by atoms with van der Waals surface area (Å²) in [4.78, 5) is 6.01. The second-order valence-electron chi connectivity index (χ2n) is 3.42. The van der Waals surface area contributed by atoms with Crippen LogP contribution in [0.4, 0.5) is 5.69 Å². The van der Waals surface area contributed by atoms with Crippen LogP contribution in [0.3, 0.4) is 0 Å². The molecule has 0 fully saturated rings. The molecule has 0 saturated heterocycles. The molecular formula is C10H8N4O. The lowest BCUT2D eigenvalue weighted by atomic mass is 10.1. The highest BCUT2D eigenvalue weighted by atomic mass is 16.3. The number of rotatable bonds is 1. The van der Waals surface area contributed by atoms with Gasteiger partial charge < -0.3 is 5.11 Å². The number of fused-ring (bicyclic) bond motifs is 1. The van der Waals surface area contributed by atoms with E-state index in [0.29, 0.717) is 12.1 Å². The molecule has 0 saturated carbocycles. The molecule has 1 N–H and O–H groups in total. The fourth-order valence-electron chi connectivity index (χ4n) is 1.84. The van der Waals surface area contributed by atoms with Crippen LogP contribution in [0, 0.1) is 6.57 Å². The van der Waals surface area contributed by atoms with Gasteiger partial charge in [0.25, 0.3) is 0 Å². The van der Waals surface area contributed by atoms with E-state index in [2.05, 4.69) is 14.9 Å². The third-order valence-electron chi connectivity index (χ3n) is 2.57. The molecule has 0 heterocycles. The monoisotopic (exact) mass is 200 g/mol. The summed E-state index contributed by atoms with van der Waals surface area (Å²) in [5, 5.41) is 13.3.